The molecule has 0 spiro atoms. The largest absolute Gasteiger partial charge is 0.497 e. The summed E-state index contributed by atoms with van der Waals surface area (Å²) in [6, 6.07) is 7.30. The van der Waals surface area contributed by atoms with Crippen molar-refractivity contribution < 1.29 is 19.1 Å². The molecule has 0 aliphatic carbocycles. The highest BCUT2D eigenvalue weighted by Crippen LogP contribution is 2.10. The molecule has 0 aliphatic heterocycles. The Morgan fingerprint density at radius 1 is 1.18 bits per heavy atom. The minimum Gasteiger partial charge on any atom is -0.497 e. The van der Waals surface area contributed by atoms with Crippen LogP contribution in [0.3, 0.4) is 0 Å². The summed E-state index contributed by atoms with van der Waals surface area (Å²) in [6.07, 6.45) is -0.257. The minimum atomic E-state index is -0.544. The summed E-state index contributed by atoms with van der Waals surface area (Å²) < 4.78 is 9.40. The predicted octanol–water partition coefficient (Wildman–Crippen LogP) is 0.874. The second kappa shape index (κ2) is 6.52. The van der Waals surface area contributed by atoms with E-state index in [0.29, 0.717) is 6.54 Å². The summed E-state index contributed by atoms with van der Waals surface area (Å²) in [4.78, 5) is 22.1. The second-order valence-corrected chi connectivity index (χ2v) is 3.38. The van der Waals surface area contributed by atoms with Crippen molar-refractivity contribution in [1.29, 1.82) is 0 Å². The van der Waals surface area contributed by atoms with Crippen molar-refractivity contribution in [3.05, 3.63) is 29.8 Å². The van der Waals surface area contributed by atoms with Crippen molar-refractivity contribution >= 4 is 11.9 Å². The number of carbonyl (C=O) groups is 2. The fourth-order valence-electron chi connectivity index (χ4n) is 1.21. The first-order chi connectivity index (χ1) is 8.15. The van der Waals surface area contributed by atoms with E-state index in [1.54, 1.807) is 7.11 Å². The molecule has 92 valence electrons. The van der Waals surface area contributed by atoms with Crippen LogP contribution in [0.15, 0.2) is 24.3 Å². The molecule has 0 aliphatic rings. The molecule has 0 saturated carbocycles. The average molecular weight is 237 g/mol. The lowest BCUT2D eigenvalue weighted by Crippen LogP contribution is -2.25. The Hall–Kier alpha value is -2.04. The quantitative estimate of drug-likeness (QED) is 0.609. The lowest BCUT2D eigenvalue weighted by atomic mass is 10.2. The number of nitrogens with one attached hydrogen (secondary N) is 1. The normalized spacial score (nSPS) is 9.53. The molecular weight excluding hydrogens is 222 g/mol. The number of hydrogen-bond donors (Lipinski definition) is 1. The molecule has 17 heavy (non-hydrogen) atoms. The standard InChI is InChI=1S/C12H15NO4/c1-16-10-5-3-9(4-6-10)8-13-11(14)7-12(15)17-2/h3-6H,7-8H2,1-2H3,(H,13,14). The third kappa shape index (κ3) is 4.55. The van der Waals surface area contributed by atoms with Crippen LogP contribution in [0.1, 0.15) is 12.0 Å². The van der Waals surface area contributed by atoms with Crippen LogP contribution < -0.4 is 10.1 Å². The van der Waals surface area contributed by atoms with E-state index in [-0.39, 0.29) is 12.3 Å². The Labute approximate surface area is 99.7 Å². The van der Waals surface area contributed by atoms with Crippen LogP contribution in [-0.4, -0.2) is 26.1 Å². The summed E-state index contributed by atoms with van der Waals surface area (Å²) >= 11 is 0. The van der Waals surface area contributed by atoms with Crippen LogP contribution in [0.25, 0.3) is 0 Å². The van der Waals surface area contributed by atoms with Gasteiger partial charge in [-0.25, -0.2) is 0 Å². The van der Waals surface area contributed by atoms with E-state index in [2.05, 4.69) is 10.1 Å². The van der Waals surface area contributed by atoms with Gasteiger partial charge >= 0.3 is 5.97 Å². The smallest absolute Gasteiger partial charge is 0.315 e. The summed E-state index contributed by atoms with van der Waals surface area (Å²) in [5.41, 5.74) is 0.934. The zero-order valence-corrected chi connectivity index (χ0v) is 9.86. The topological polar surface area (TPSA) is 64.6 Å². The van der Waals surface area contributed by atoms with Crippen molar-refractivity contribution in [3.8, 4) is 5.75 Å². The molecule has 0 aromatic heterocycles. The summed E-state index contributed by atoms with van der Waals surface area (Å²) in [5, 5.41) is 2.62. The highest BCUT2D eigenvalue weighted by Gasteiger charge is 2.08. The van der Waals surface area contributed by atoms with Crippen molar-refractivity contribution in [1.82, 2.24) is 5.32 Å². The molecule has 0 heterocycles. The summed E-state index contributed by atoms with van der Waals surface area (Å²) in [6.45, 7) is 0.375. The molecule has 0 saturated heterocycles. The lowest BCUT2D eigenvalue weighted by Gasteiger charge is -2.05. The summed E-state index contributed by atoms with van der Waals surface area (Å²) in [5.74, 6) is -0.139. The molecule has 5 nitrogen and oxygen atoms in total. The second-order valence-electron chi connectivity index (χ2n) is 3.38. The monoisotopic (exact) mass is 237 g/mol. The highest BCUT2D eigenvalue weighted by molar-refractivity contribution is 5.94. The third-order valence-electron chi connectivity index (χ3n) is 2.18. The van der Waals surface area contributed by atoms with Crippen LogP contribution in [0.4, 0.5) is 0 Å². The molecule has 0 atom stereocenters. The van der Waals surface area contributed by atoms with E-state index >= 15 is 0 Å². The third-order valence-corrected chi connectivity index (χ3v) is 2.18. The SMILES string of the molecule is COC(=O)CC(=O)NCc1ccc(OC)cc1. The van der Waals surface area contributed by atoms with Gasteiger partial charge in [-0.05, 0) is 17.7 Å². The van der Waals surface area contributed by atoms with Crippen LogP contribution in [-0.2, 0) is 20.9 Å². The van der Waals surface area contributed by atoms with E-state index in [0.717, 1.165) is 11.3 Å². The zero-order chi connectivity index (χ0) is 12.7. The first-order valence-corrected chi connectivity index (χ1v) is 5.12. The molecule has 5 heteroatoms. The van der Waals surface area contributed by atoms with Crippen LogP contribution in [0, 0.1) is 0 Å². The number of rotatable bonds is 5. The Bertz CT molecular complexity index is 386. The predicted molar refractivity (Wildman–Crippen MR) is 61.5 cm³/mol. The Morgan fingerprint density at radius 2 is 1.82 bits per heavy atom. The van der Waals surface area contributed by atoms with Gasteiger partial charge in [0.25, 0.3) is 0 Å². The average Bonchev–Trinajstić information content (AvgIpc) is 2.36. The van der Waals surface area contributed by atoms with E-state index < -0.39 is 5.97 Å². The zero-order valence-electron chi connectivity index (χ0n) is 9.86. The molecule has 1 amide bonds. The maximum absolute atomic E-state index is 11.3. The van der Waals surface area contributed by atoms with Crippen LogP contribution >= 0.6 is 0 Å². The number of ether oxygens (including phenoxy) is 2. The molecule has 1 rings (SSSR count). The van der Waals surface area contributed by atoms with E-state index in [1.165, 1.54) is 7.11 Å². The Morgan fingerprint density at radius 3 is 2.35 bits per heavy atom. The molecule has 1 aromatic rings. The van der Waals surface area contributed by atoms with Gasteiger partial charge in [-0.2, -0.15) is 0 Å². The lowest BCUT2D eigenvalue weighted by molar-refractivity contribution is -0.143. The number of esters is 1. The fourth-order valence-corrected chi connectivity index (χ4v) is 1.21. The van der Waals surface area contributed by atoms with Gasteiger partial charge in [0.2, 0.25) is 5.91 Å². The molecule has 0 unspecified atom stereocenters. The van der Waals surface area contributed by atoms with Gasteiger partial charge in [-0.1, -0.05) is 12.1 Å². The van der Waals surface area contributed by atoms with Crippen LogP contribution in [0.2, 0.25) is 0 Å². The number of methoxy groups -OCH3 is 2. The maximum Gasteiger partial charge on any atom is 0.315 e. The Kier molecular flexibility index (Phi) is 5.00. The number of carbonyl (C=O) groups excluding carboxylic acids is 2. The summed E-state index contributed by atoms with van der Waals surface area (Å²) in [7, 11) is 2.84. The van der Waals surface area contributed by atoms with Crippen LogP contribution in [0.5, 0.6) is 5.75 Å². The molecule has 0 radical (unpaired) electrons. The molecule has 0 bridgehead atoms. The van der Waals surface area contributed by atoms with Gasteiger partial charge in [-0.3, -0.25) is 9.59 Å². The van der Waals surface area contributed by atoms with Gasteiger partial charge in [-0.15, -0.1) is 0 Å². The first kappa shape index (κ1) is 13.0. The van der Waals surface area contributed by atoms with E-state index in [1.807, 2.05) is 24.3 Å². The Balaban J connectivity index is 2.39. The van der Waals surface area contributed by atoms with Crippen molar-refractivity contribution in [2.24, 2.45) is 0 Å². The van der Waals surface area contributed by atoms with Crippen molar-refractivity contribution in [3.63, 3.8) is 0 Å². The molecular formula is C12H15NO4. The maximum atomic E-state index is 11.3. The number of amides is 1. The van der Waals surface area contributed by atoms with Crippen molar-refractivity contribution in [2.75, 3.05) is 14.2 Å². The van der Waals surface area contributed by atoms with Gasteiger partial charge < -0.3 is 14.8 Å². The number of benzene rings is 1. The van der Waals surface area contributed by atoms with E-state index in [4.69, 9.17) is 4.74 Å². The minimum absolute atomic E-state index is 0.257. The fraction of sp³-hybridized carbons (Fsp3) is 0.333. The molecule has 1 aromatic carbocycles. The van der Waals surface area contributed by atoms with Gasteiger partial charge in [0.05, 0.1) is 14.2 Å². The number of hydrogen-bond acceptors (Lipinski definition) is 4. The first-order valence-electron chi connectivity index (χ1n) is 5.12. The van der Waals surface area contributed by atoms with E-state index in [9.17, 15) is 9.59 Å². The van der Waals surface area contributed by atoms with Crippen molar-refractivity contribution in [2.45, 2.75) is 13.0 Å². The molecule has 0 fully saturated rings. The highest BCUT2D eigenvalue weighted by atomic mass is 16.5. The van der Waals surface area contributed by atoms with Gasteiger partial charge in [0.1, 0.15) is 12.2 Å². The van der Waals surface area contributed by atoms with Gasteiger partial charge in [0, 0.05) is 6.54 Å². The molecule has 1 N–H and O–H groups in total. The van der Waals surface area contributed by atoms with Gasteiger partial charge in [0.15, 0.2) is 0 Å².